The smallest absolute Gasteiger partial charge is 0.308 e. The van der Waals surface area contributed by atoms with Crippen LogP contribution in [-0.4, -0.2) is 29.1 Å². The van der Waals surface area contributed by atoms with Crippen molar-refractivity contribution in [2.24, 2.45) is 0 Å². The molecule has 2 N–H and O–H groups in total. The maximum atomic E-state index is 12.1. The topological polar surface area (TPSA) is 84.5 Å². The van der Waals surface area contributed by atoms with Crippen molar-refractivity contribution >= 4 is 46.6 Å². The molecule has 8 heteroatoms. The van der Waals surface area contributed by atoms with Crippen molar-refractivity contribution in [3.63, 3.8) is 0 Å². The van der Waals surface area contributed by atoms with Gasteiger partial charge in [-0.1, -0.05) is 18.2 Å². The van der Waals surface area contributed by atoms with E-state index in [0.29, 0.717) is 6.54 Å². The van der Waals surface area contributed by atoms with E-state index < -0.39 is 17.3 Å². The molecule has 2 amide bonds. The van der Waals surface area contributed by atoms with Crippen LogP contribution in [0.2, 0.25) is 0 Å². The number of carbonyl (C=O) groups is 3. The van der Waals surface area contributed by atoms with Crippen LogP contribution < -0.4 is 10.6 Å². The van der Waals surface area contributed by atoms with Crippen molar-refractivity contribution in [1.82, 2.24) is 5.32 Å². The van der Waals surface area contributed by atoms with Crippen molar-refractivity contribution in [1.29, 1.82) is 0 Å². The first-order valence-corrected chi connectivity index (χ1v) is 9.85. The van der Waals surface area contributed by atoms with E-state index >= 15 is 0 Å². The van der Waals surface area contributed by atoms with Gasteiger partial charge in [-0.25, -0.2) is 0 Å². The molecular weight excluding hydrogens is 372 g/mol. The third kappa shape index (κ3) is 4.64. The van der Waals surface area contributed by atoms with Crippen molar-refractivity contribution in [2.45, 2.75) is 36.1 Å². The van der Waals surface area contributed by atoms with Gasteiger partial charge in [0.05, 0.1) is 23.9 Å². The normalized spacial score (nSPS) is 17.0. The van der Waals surface area contributed by atoms with Gasteiger partial charge in [-0.15, -0.1) is 23.1 Å². The number of fused-ring (bicyclic) bond motifs is 1. The minimum Gasteiger partial charge on any atom is -0.453 e. The van der Waals surface area contributed by atoms with Gasteiger partial charge in [0, 0.05) is 9.77 Å². The van der Waals surface area contributed by atoms with Gasteiger partial charge in [0.2, 0.25) is 5.91 Å². The van der Waals surface area contributed by atoms with Crippen LogP contribution in [0.5, 0.6) is 0 Å². The zero-order chi connectivity index (χ0) is 18.5. The highest BCUT2D eigenvalue weighted by atomic mass is 32.2. The minimum absolute atomic E-state index is 0.0899. The molecule has 0 saturated carbocycles. The molecule has 1 aromatic heterocycles. The Morgan fingerprint density at radius 3 is 2.85 bits per heavy atom. The van der Waals surface area contributed by atoms with Gasteiger partial charge >= 0.3 is 5.97 Å². The van der Waals surface area contributed by atoms with Gasteiger partial charge in [-0.3, -0.25) is 14.4 Å². The van der Waals surface area contributed by atoms with Gasteiger partial charge in [-0.2, -0.15) is 0 Å². The zero-order valence-corrected chi connectivity index (χ0v) is 15.7. The Bertz CT molecular complexity index is 807. The highest BCUT2D eigenvalue weighted by molar-refractivity contribution is 8.01. The average Bonchev–Trinajstić information content (AvgIpc) is 3.13. The van der Waals surface area contributed by atoms with Crippen LogP contribution >= 0.6 is 23.1 Å². The van der Waals surface area contributed by atoms with Crippen LogP contribution in [0.3, 0.4) is 0 Å². The van der Waals surface area contributed by atoms with Crippen molar-refractivity contribution in [2.75, 3.05) is 5.32 Å². The average molecular weight is 390 g/mol. The number of anilines is 1. The number of carbonyl (C=O) groups excluding carboxylic acids is 3. The Morgan fingerprint density at radius 2 is 2.08 bits per heavy atom. The fraction of sp³-hybridized carbons (Fsp3) is 0.278. The number of nitrogens with one attached hydrogen (secondary N) is 2. The van der Waals surface area contributed by atoms with Crippen LogP contribution in [-0.2, 0) is 25.7 Å². The van der Waals surface area contributed by atoms with Gasteiger partial charge in [0.25, 0.3) is 5.91 Å². The summed E-state index contributed by atoms with van der Waals surface area (Å²) in [5.41, 5.74) is 0.744. The molecule has 0 bridgehead atoms. The molecule has 0 radical (unpaired) electrons. The van der Waals surface area contributed by atoms with E-state index in [1.54, 1.807) is 0 Å². The van der Waals surface area contributed by atoms with E-state index in [1.807, 2.05) is 41.8 Å². The molecule has 1 aromatic carbocycles. The van der Waals surface area contributed by atoms with Crippen LogP contribution in [0.4, 0.5) is 5.69 Å². The number of para-hydroxylation sites is 1. The molecule has 2 aromatic rings. The SMILES string of the molecule is C[C@@H](OC(=O)C[C@H]1Sc2ccccc2NC1=O)C(=O)NCc1cccs1. The minimum atomic E-state index is -0.911. The quantitative estimate of drug-likeness (QED) is 0.741. The van der Waals surface area contributed by atoms with E-state index in [4.69, 9.17) is 4.74 Å². The van der Waals surface area contributed by atoms with Crippen LogP contribution in [0, 0.1) is 0 Å². The Morgan fingerprint density at radius 1 is 1.27 bits per heavy atom. The van der Waals surface area contributed by atoms with Gasteiger partial charge in [-0.05, 0) is 30.5 Å². The molecular formula is C18H18N2O4S2. The molecule has 0 unspecified atom stereocenters. The standard InChI is InChI=1S/C18H18N2O4S2/c1-11(17(22)19-10-12-5-4-8-25-12)24-16(21)9-15-18(23)20-13-6-2-3-7-14(13)26-15/h2-8,11,15H,9-10H2,1H3,(H,19,22)(H,20,23)/t11-,15-/m1/s1. The zero-order valence-electron chi connectivity index (χ0n) is 14.1. The van der Waals surface area contributed by atoms with Gasteiger partial charge in [0.1, 0.15) is 0 Å². The number of rotatable bonds is 6. The third-order valence-corrected chi connectivity index (χ3v) is 5.90. The lowest BCUT2D eigenvalue weighted by Crippen LogP contribution is -2.37. The summed E-state index contributed by atoms with van der Waals surface area (Å²) in [6, 6.07) is 11.2. The number of benzene rings is 1. The molecule has 0 saturated heterocycles. The molecule has 2 heterocycles. The van der Waals surface area contributed by atoms with Crippen LogP contribution in [0.15, 0.2) is 46.7 Å². The summed E-state index contributed by atoms with van der Waals surface area (Å²) in [5.74, 6) is -1.17. The lowest BCUT2D eigenvalue weighted by atomic mass is 10.2. The lowest BCUT2D eigenvalue weighted by molar-refractivity contribution is -0.155. The second-order valence-electron chi connectivity index (χ2n) is 5.73. The van der Waals surface area contributed by atoms with Crippen molar-refractivity contribution in [3.05, 3.63) is 46.7 Å². The first kappa shape index (κ1) is 18.5. The molecule has 26 heavy (non-hydrogen) atoms. The predicted octanol–water partition coefficient (Wildman–Crippen LogP) is 2.80. The van der Waals surface area contributed by atoms with Crippen LogP contribution in [0.1, 0.15) is 18.2 Å². The Balaban J connectivity index is 1.49. The van der Waals surface area contributed by atoms with Crippen molar-refractivity contribution < 1.29 is 19.1 Å². The summed E-state index contributed by atoms with van der Waals surface area (Å²) >= 11 is 2.86. The first-order chi connectivity index (χ1) is 12.5. The second kappa shape index (κ2) is 8.37. The van der Waals surface area contributed by atoms with Crippen LogP contribution in [0.25, 0.3) is 0 Å². The summed E-state index contributed by atoms with van der Waals surface area (Å²) in [7, 11) is 0. The van der Waals surface area contributed by atoms with Gasteiger partial charge in [0.15, 0.2) is 6.10 Å². The summed E-state index contributed by atoms with van der Waals surface area (Å²) in [6.07, 6.45) is -1.00. The van der Waals surface area contributed by atoms with Crippen molar-refractivity contribution in [3.8, 4) is 0 Å². The Hall–Kier alpha value is -2.32. The number of thioether (sulfide) groups is 1. The Kier molecular flexibility index (Phi) is 5.95. The third-order valence-electron chi connectivity index (χ3n) is 3.75. The van der Waals surface area contributed by atoms with Gasteiger partial charge < -0.3 is 15.4 Å². The second-order valence-corrected chi connectivity index (χ2v) is 8.00. The molecule has 1 aliphatic heterocycles. The molecule has 0 aliphatic carbocycles. The molecule has 2 atom stereocenters. The molecule has 0 spiro atoms. The van der Waals surface area contributed by atoms with E-state index in [0.717, 1.165) is 15.5 Å². The largest absolute Gasteiger partial charge is 0.453 e. The number of esters is 1. The summed E-state index contributed by atoms with van der Waals surface area (Å²) in [6.45, 7) is 1.92. The number of amides is 2. The monoisotopic (exact) mass is 390 g/mol. The Labute approximate surface area is 159 Å². The maximum Gasteiger partial charge on any atom is 0.308 e. The van der Waals surface area contributed by atoms with E-state index in [1.165, 1.54) is 30.0 Å². The lowest BCUT2D eigenvalue weighted by Gasteiger charge is -2.23. The summed E-state index contributed by atoms with van der Waals surface area (Å²) < 4.78 is 5.18. The molecule has 0 fully saturated rings. The number of ether oxygens (including phenoxy) is 1. The van der Waals surface area contributed by atoms with E-state index in [9.17, 15) is 14.4 Å². The molecule has 136 valence electrons. The number of hydrogen-bond donors (Lipinski definition) is 2. The number of hydrogen-bond acceptors (Lipinski definition) is 6. The highest BCUT2D eigenvalue weighted by Gasteiger charge is 2.30. The molecule has 1 aliphatic rings. The maximum absolute atomic E-state index is 12.1. The summed E-state index contributed by atoms with van der Waals surface area (Å²) in [4.78, 5) is 38.2. The first-order valence-electron chi connectivity index (χ1n) is 8.09. The molecule has 3 rings (SSSR count). The highest BCUT2D eigenvalue weighted by Crippen LogP contribution is 2.36. The fourth-order valence-corrected chi connectivity index (χ4v) is 4.15. The predicted molar refractivity (Wildman–Crippen MR) is 101 cm³/mol. The molecule has 6 nitrogen and oxygen atoms in total. The summed E-state index contributed by atoms with van der Waals surface area (Å²) in [5, 5.41) is 6.86. The van der Waals surface area contributed by atoms with E-state index in [2.05, 4.69) is 10.6 Å². The fourth-order valence-electron chi connectivity index (χ4n) is 2.41. The van der Waals surface area contributed by atoms with E-state index in [-0.39, 0.29) is 18.2 Å². The number of thiophene rings is 1.